The predicted molar refractivity (Wildman–Crippen MR) is 238 cm³/mol. The van der Waals surface area contributed by atoms with Crippen LogP contribution in [0.15, 0.2) is 184 Å². The van der Waals surface area contributed by atoms with Crippen molar-refractivity contribution in [3.63, 3.8) is 0 Å². The number of thiophene rings is 1. The molecule has 1 atom stereocenters. The van der Waals surface area contributed by atoms with Crippen molar-refractivity contribution in [3.05, 3.63) is 197 Å². The number of hydrogen-bond donors (Lipinski definition) is 1. The summed E-state index contributed by atoms with van der Waals surface area (Å²) in [5, 5.41) is 9.58. The van der Waals surface area contributed by atoms with Gasteiger partial charge in [-0.1, -0.05) is 140 Å². The second-order valence-electron chi connectivity index (χ2n) is 14.9. The highest BCUT2D eigenvalue weighted by atomic mass is 32.1. The van der Waals surface area contributed by atoms with Crippen molar-refractivity contribution < 1.29 is 4.42 Å². The molecule has 0 saturated heterocycles. The number of fused-ring (bicyclic) bond motifs is 9. The number of para-hydroxylation sites is 3. The van der Waals surface area contributed by atoms with E-state index in [1.165, 1.54) is 47.9 Å². The lowest BCUT2D eigenvalue weighted by Gasteiger charge is -2.22. The van der Waals surface area contributed by atoms with Gasteiger partial charge in [0, 0.05) is 70.7 Å². The van der Waals surface area contributed by atoms with Crippen LogP contribution in [0.2, 0.25) is 0 Å². The fraction of sp³-hybridized carbons (Fsp3) is 0.0588. The highest BCUT2D eigenvalue weighted by molar-refractivity contribution is 7.19. The van der Waals surface area contributed by atoms with E-state index in [-0.39, 0.29) is 6.04 Å². The van der Waals surface area contributed by atoms with E-state index in [1.54, 1.807) is 0 Å². The zero-order chi connectivity index (χ0) is 37.5. The van der Waals surface area contributed by atoms with Gasteiger partial charge in [0.25, 0.3) is 0 Å². The summed E-state index contributed by atoms with van der Waals surface area (Å²) in [6, 6.07) is 58.1. The molecule has 1 aliphatic heterocycles. The van der Waals surface area contributed by atoms with Crippen LogP contribution < -0.4 is 5.32 Å². The fourth-order valence-electron chi connectivity index (χ4n) is 8.91. The van der Waals surface area contributed by atoms with Gasteiger partial charge in [-0.05, 0) is 53.1 Å². The Kier molecular flexibility index (Phi) is 7.22. The third-order valence-corrected chi connectivity index (χ3v) is 12.8. The van der Waals surface area contributed by atoms with Crippen LogP contribution in [0.25, 0.3) is 71.0 Å². The van der Waals surface area contributed by atoms with Crippen molar-refractivity contribution >= 4 is 82.9 Å². The molecule has 57 heavy (non-hydrogen) atoms. The summed E-state index contributed by atoms with van der Waals surface area (Å²) in [6.45, 7) is 0. The molecule has 7 aromatic carbocycles. The molecule has 5 nitrogen and oxygen atoms in total. The van der Waals surface area contributed by atoms with E-state index >= 15 is 0 Å². The molecule has 10 aromatic rings. The first kappa shape index (κ1) is 32.2. The van der Waals surface area contributed by atoms with Gasteiger partial charge in [-0.15, -0.1) is 11.3 Å². The van der Waals surface area contributed by atoms with Gasteiger partial charge in [-0.25, -0.2) is 9.98 Å². The second-order valence-corrected chi connectivity index (χ2v) is 16.0. The van der Waals surface area contributed by atoms with Crippen molar-refractivity contribution in [2.75, 3.05) is 0 Å². The zero-order valence-corrected chi connectivity index (χ0v) is 31.6. The Labute approximate surface area is 332 Å². The predicted octanol–water partition coefficient (Wildman–Crippen LogP) is 12.9. The third kappa shape index (κ3) is 5.21. The Bertz CT molecular complexity index is 3200. The van der Waals surface area contributed by atoms with Crippen LogP contribution in [0.1, 0.15) is 39.3 Å². The van der Waals surface area contributed by atoms with Gasteiger partial charge in [0.15, 0.2) is 6.17 Å². The van der Waals surface area contributed by atoms with Crippen molar-refractivity contribution in [2.45, 2.75) is 18.6 Å². The maximum atomic E-state index is 6.78. The van der Waals surface area contributed by atoms with E-state index in [9.17, 15) is 0 Å². The van der Waals surface area contributed by atoms with Crippen LogP contribution >= 0.6 is 11.3 Å². The molecule has 2 aliphatic rings. The Morgan fingerprint density at radius 3 is 1.91 bits per heavy atom. The van der Waals surface area contributed by atoms with Crippen molar-refractivity contribution in [2.24, 2.45) is 9.98 Å². The first-order chi connectivity index (χ1) is 28.2. The Morgan fingerprint density at radius 2 is 1.19 bits per heavy atom. The van der Waals surface area contributed by atoms with E-state index < -0.39 is 6.17 Å². The summed E-state index contributed by atoms with van der Waals surface area (Å²) >= 11 is 1.92. The van der Waals surface area contributed by atoms with E-state index in [0.29, 0.717) is 0 Å². The molecular weight excluding hydrogens is 717 g/mol. The quantitative estimate of drug-likeness (QED) is 0.190. The molecule has 12 rings (SSSR count). The van der Waals surface area contributed by atoms with Gasteiger partial charge in [0.2, 0.25) is 0 Å². The number of aromatic nitrogens is 1. The molecule has 0 amide bonds. The average molecular weight is 751 g/mol. The van der Waals surface area contributed by atoms with E-state index in [0.717, 1.165) is 62.3 Å². The van der Waals surface area contributed by atoms with Crippen LogP contribution in [-0.4, -0.2) is 16.2 Å². The van der Waals surface area contributed by atoms with Crippen LogP contribution in [0.4, 0.5) is 0 Å². The molecule has 0 radical (unpaired) electrons. The maximum Gasteiger partial charge on any atom is 0.173 e. The number of rotatable bonds is 5. The van der Waals surface area contributed by atoms with Crippen molar-refractivity contribution in [1.29, 1.82) is 0 Å². The van der Waals surface area contributed by atoms with E-state index in [4.69, 9.17) is 14.4 Å². The molecule has 0 saturated carbocycles. The summed E-state index contributed by atoms with van der Waals surface area (Å²) in [5.74, 6) is 1.57. The molecule has 1 unspecified atom stereocenters. The van der Waals surface area contributed by atoms with Gasteiger partial charge in [-0.2, -0.15) is 0 Å². The summed E-state index contributed by atoms with van der Waals surface area (Å²) in [5.41, 5.74) is 10.8. The maximum absolute atomic E-state index is 6.78. The molecule has 0 spiro atoms. The number of hydrogen-bond acceptors (Lipinski definition) is 5. The normalized spacial score (nSPS) is 15.7. The smallest absolute Gasteiger partial charge is 0.173 e. The highest BCUT2D eigenvalue weighted by Gasteiger charge is 2.26. The molecule has 1 N–H and O–H groups in total. The Balaban J connectivity index is 0.913. The molecule has 0 fully saturated rings. The average Bonchev–Trinajstić information content (AvgIpc) is 3.95. The van der Waals surface area contributed by atoms with Gasteiger partial charge in [-0.3, -0.25) is 0 Å². The lowest BCUT2D eigenvalue weighted by atomic mass is 9.96. The van der Waals surface area contributed by atoms with Crippen LogP contribution in [0.5, 0.6) is 0 Å². The van der Waals surface area contributed by atoms with Crippen LogP contribution in [-0.2, 0) is 6.42 Å². The number of nitrogens with one attached hydrogen (secondary N) is 1. The number of allylic oxidation sites excluding steroid dienone is 1. The largest absolute Gasteiger partial charge is 0.456 e. The number of amidine groups is 2. The first-order valence-electron chi connectivity index (χ1n) is 19.4. The van der Waals surface area contributed by atoms with Gasteiger partial charge < -0.3 is 14.3 Å². The molecular formula is C51H34N4OS. The SMILES string of the molecule is C1=CC(n2c3ccccc3c3ccccc32)Cc2sc3ccc(-c4ccc5c(c4)oc4c(C6N=C(c7ccccc7)NC(c7ccccc7)=N6)cccc45)cc3c21. The lowest BCUT2D eigenvalue weighted by Crippen LogP contribution is -2.36. The minimum absolute atomic E-state index is 0.256. The van der Waals surface area contributed by atoms with Crippen LogP contribution in [0.3, 0.4) is 0 Å². The second kappa shape index (κ2) is 12.8. The number of nitrogens with zero attached hydrogens (tertiary/aromatic N) is 3. The molecule has 270 valence electrons. The monoisotopic (exact) mass is 750 g/mol. The summed E-state index contributed by atoms with van der Waals surface area (Å²) < 4.78 is 10.6. The standard InChI is InChI=1S/C51H34N4OS/c1-3-12-31(13-4-1)49-52-50(32-14-5-2-6-15-32)54-51(53-49)41-19-11-18-40-38-25-22-34(29-45(38)56-48(40)41)33-23-27-46-42(28-33)39-26-24-35(30-47(39)57-46)55-43-20-9-7-16-36(43)37-17-8-10-21-44(37)55/h1-29,35,51H,30H2,(H,52,53,54). The lowest BCUT2D eigenvalue weighted by molar-refractivity contribution is 0.642. The fourth-order valence-corrected chi connectivity index (χ4v) is 10.1. The van der Waals surface area contributed by atoms with Gasteiger partial charge in [0.05, 0.1) is 6.04 Å². The summed E-state index contributed by atoms with van der Waals surface area (Å²) in [7, 11) is 0. The zero-order valence-electron chi connectivity index (χ0n) is 30.8. The highest BCUT2D eigenvalue weighted by Crippen LogP contribution is 2.43. The van der Waals surface area contributed by atoms with Gasteiger partial charge >= 0.3 is 0 Å². The van der Waals surface area contributed by atoms with E-state index in [2.05, 4.69) is 149 Å². The summed E-state index contributed by atoms with van der Waals surface area (Å²) in [6.07, 6.45) is 5.26. The minimum atomic E-state index is -0.477. The molecule has 0 bridgehead atoms. The molecule has 3 aromatic heterocycles. The third-order valence-electron chi connectivity index (χ3n) is 11.6. The minimum Gasteiger partial charge on any atom is -0.456 e. The molecule has 4 heterocycles. The summed E-state index contributed by atoms with van der Waals surface area (Å²) in [4.78, 5) is 11.7. The molecule has 6 heteroatoms. The number of benzene rings is 7. The number of aliphatic imine (C=N–C) groups is 2. The van der Waals surface area contributed by atoms with Crippen molar-refractivity contribution in [3.8, 4) is 11.1 Å². The van der Waals surface area contributed by atoms with Crippen molar-refractivity contribution in [1.82, 2.24) is 9.88 Å². The van der Waals surface area contributed by atoms with Crippen LogP contribution in [0, 0.1) is 0 Å². The first-order valence-corrected chi connectivity index (χ1v) is 20.3. The van der Waals surface area contributed by atoms with E-state index in [1.807, 2.05) is 47.7 Å². The Hall–Kier alpha value is -7.02. The van der Waals surface area contributed by atoms with Gasteiger partial charge in [0.1, 0.15) is 22.8 Å². The topological polar surface area (TPSA) is 54.8 Å². The number of furan rings is 1. The molecule has 1 aliphatic carbocycles. The Morgan fingerprint density at radius 1 is 0.561 bits per heavy atom.